The lowest BCUT2D eigenvalue weighted by Crippen LogP contribution is -2.21. The van der Waals surface area contributed by atoms with Crippen molar-refractivity contribution in [3.05, 3.63) is 58.4 Å². The highest BCUT2D eigenvalue weighted by molar-refractivity contribution is 7.89. The van der Waals surface area contributed by atoms with Crippen LogP contribution in [0.1, 0.15) is 27.0 Å². The van der Waals surface area contributed by atoms with Crippen LogP contribution in [0.5, 0.6) is 0 Å². The van der Waals surface area contributed by atoms with Gasteiger partial charge in [-0.05, 0) is 68.8 Å². The van der Waals surface area contributed by atoms with E-state index in [1.165, 1.54) is 25.2 Å². The van der Waals surface area contributed by atoms with E-state index in [-0.39, 0.29) is 10.5 Å². The van der Waals surface area contributed by atoms with E-state index in [4.69, 9.17) is 0 Å². The topological polar surface area (TPSA) is 75.3 Å². The summed E-state index contributed by atoms with van der Waals surface area (Å²) in [4.78, 5) is 12.5. The number of anilines is 1. The van der Waals surface area contributed by atoms with Gasteiger partial charge in [0.15, 0.2) is 0 Å². The normalized spacial score (nSPS) is 11.4. The zero-order chi connectivity index (χ0) is 18.1. The predicted molar refractivity (Wildman–Crippen MR) is 91.3 cm³/mol. The Balaban J connectivity index is 2.45. The summed E-state index contributed by atoms with van der Waals surface area (Å²) >= 11 is 0. The Kier molecular flexibility index (Phi) is 5.05. The van der Waals surface area contributed by atoms with Crippen LogP contribution in [-0.4, -0.2) is 21.4 Å². The molecule has 0 radical (unpaired) electrons. The first kappa shape index (κ1) is 18.1. The first-order valence-electron chi connectivity index (χ1n) is 7.28. The summed E-state index contributed by atoms with van der Waals surface area (Å²) in [5.41, 5.74) is 2.48. The van der Waals surface area contributed by atoms with Crippen LogP contribution < -0.4 is 10.0 Å². The lowest BCUT2D eigenvalue weighted by Gasteiger charge is -2.13. The summed E-state index contributed by atoms with van der Waals surface area (Å²) in [6.45, 7) is 5.15. The third kappa shape index (κ3) is 3.63. The number of carbonyl (C=O) groups is 1. The highest BCUT2D eigenvalue weighted by Gasteiger charge is 2.19. The van der Waals surface area contributed by atoms with Gasteiger partial charge in [0.1, 0.15) is 5.82 Å². The van der Waals surface area contributed by atoms with Gasteiger partial charge in [0.25, 0.3) is 5.91 Å². The Bertz CT molecular complexity index is 908. The van der Waals surface area contributed by atoms with Crippen LogP contribution >= 0.6 is 0 Å². The summed E-state index contributed by atoms with van der Waals surface area (Å²) in [6.07, 6.45) is 0. The van der Waals surface area contributed by atoms with E-state index in [9.17, 15) is 17.6 Å². The lowest BCUT2D eigenvalue weighted by atomic mass is 10.1. The smallest absolute Gasteiger partial charge is 0.255 e. The minimum atomic E-state index is -3.69. The molecule has 0 saturated carbocycles. The monoisotopic (exact) mass is 350 g/mol. The van der Waals surface area contributed by atoms with Gasteiger partial charge in [-0.25, -0.2) is 17.5 Å². The van der Waals surface area contributed by atoms with Crippen molar-refractivity contribution in [2.24, 2.45) is 0 Å². The maximum atomic E-state index is 13.3. The molecule has 0 atom stereocenters. The van der Waals surface area contributed by atoms with Gasteiger partial charge >= 0.3 is 0 Å². The number of amides is 1. The van der Waals surface area contributed by atoms with E-state index in [1.54, 1.807) is 32.9 Å². The van der Waals surface area contributed by atoms with Gasteiger partial charge in [-0.2, -0.15) is 0 Å². The van der Waals surface area contributed by atoms with Gasteiger partial charge in [-0.1, -0.05) is 6.07 Å². The van der Waals surface area contributed by atoms with Crippen LogP contribution in [0.3, 0.4) is 0 Å². The summed E-state index contributed by atoms with van der Waals surface area (Å²) in [5.74, 6) is -0.964. The van der Waals surface area contributed by atoms with Crippen LogP contribution in [0.25, 0.3) is 0 Å². The van der Waals surface area contributed by atoms with E-state index in [2.05, 4.69) is 10.0 Å². The maximum Gasteiger partial charge on any atom is 0.255 e. The molecule has 24 heavy (non-hydrogen) atoms. The van der Waals surface area contributed by atoms with Crippen molar-refractivity contribution < 1.29 is 17.6 Å². The Morgan fingerprint density at radius 1 is 1.04 bits per heavy atom. The fourth-order valence-electron chi connectivity index (χ4n) is 2.27. The van der Waals surface area contributed by atoms with E-state index < -0.39 is 21.7 Å². The van der Waals surface area contributed by atoms with Gasteiger partial charge in [-0.3, -0.25) is 4.79 Å². The van der Waals surface area contributed by atoms with Crippen molar-refractivity contribution in [2.75, 3.05) is 12.4 Å². The summed E-state index contributed by atoms with van der Waals surface area (Å²) < 4.78 is 39.8. The molecule has 1 amide bonds. The fraction of sp³-hybridized carbons (Fsp3) is 0.235. The van der Waals surface area contributed by atoms with E-state index >= 15 is 0 Å². The molecular weight excluding hydrogens is 331 g/mol. The van der Waals surface area contributed by atoms with Crippen LogP contribution in [0.15, 0.2) is 35.2 Å². The minimum Gasteiger partial charge on any atom is -0.322 e. The minimum absolute atomic E-state index is 0.0473. The molecule has 0 aliphatic rings. The molecule has 7 heteroatoms. The Hall–Kier alpha value is -2.25. The second-order valence-electron chi connectivity index (χ2n) is 5.54. The average molecular weight is 350 g/mol. The second-order valence-corrected chi connectivity index (χ2v) is 7.39. The first-order valence-corrected chi connectivity index (χ1v) is 8.76. The molecule has 0 spiro atoms. The largest absolute Gasteiger partial charge is 0.322 e. The van der Waals surface area contributed by atoms with Crippen molar-refractivity contribution in [2.45, 2.75) is 25.7 Å². The number of hydrogen-bond acceptors (Lipinski definition) is 3. The third-order valence-corrected chi connectivity index (χ3v) is 5.43. The molecule has 0 unspecified atom stereocenters. The number of halogens is 1. The molecule has 2 aromatic rings. The molecule has 0 aliphatic heterocycles. The summed E-state index contributed by atoms with van der Waals surface area (Å²) in [6, 6.07) is 7.01. The molecule has 0 bridgehead atoms. The molecule has 2 N–H and O–H groups in total. The Labute approximate surface area is 141 Å². The molecule has 0 aliphatic carbocycles. The number of aryl methyl sites for hydroxylation is 2. The second kappa shape index (κ2) is 6.70. The number of hydrogen-bond donors (Lipinski definition) is 2. The standard InChI is InChI=1S/C17H19FN2O3S/c1-10-5-6-14(18)9-15(10)20-17(21)13-7-11(2)12(3)16(8-13)24(22,23)19-4/h5-9,19H,1-4H3,(H,20,21). The molecule has 128 valence electrons. The zero-order valence-electron chi connectivity index (χ0n) is 13.9. The molecule has 0 aromatic heterocycles. The van der Waals surface area contributed by atoms with E-state index in [0.29, 0.717) is 22.4 Å². The Morgan fingerprint density at radius 2 is 1.71 bits per heavy atom. The number of benzene rings is 2. The highest BCUT2D eigenvalue weighted by atomic mass is 32.2. The first-order chi connectivity index (χ1) is 11.2. The van der Waals surface area contributed by atoms with Crippen LogP contribution in [0.4, 0.5) is 10.1 Å². The van der Waals surface area contributed by atoms with Gasteiger partial charge < -0.3 is 5.32 Å². The van der Waals surface area contributed by atoms with Crippen molar-refractivity contribution in [1.29, 1.82) is 0 Å². The number of rotatable bonds is 4. The van der Waals surface area contributed by atoms with Gasteiger partial charge in [-0.15, -0.1) is 0 Å². The summed E-state index contributed by atoms with van der Waals surface area (Å²) in [5, 5.41) is 2.62. The van der Waals surface area contributed by atoms with Crippen LogP contribution in [0.2, 0.25) is 0 Å². The Morgan fingerprint density at radius 3 is 2.33 bits per heavy atom. The van der Waals surface area contributed by atoms with Crippen molar-refractivity contribution in [3.63, 3.8) is 0 Å². The third-order valence-electron chi connectivity index (χ3n) is 3.89. The zero-order valence-corrected chi connectivity index (χ0v) is 14.7. The summed E-state index contributed by atoms with van der Waals surface area (Å²) in [7, 11) is -2.37. The predicted octanol–water partition coefficient (Wildman–Crippen LogP) is 2.91. The molecule has 0 fully saturated rings. The van der Waals surface area contributed by atoms with Crippen molar-refractivity contribution in [1.82, 2.24) is 4.72 Å². The number of nitrogens with one attached hydrogen (secondary N) is 2. The van der Waals surface area contributed by atoms with Crippen molar-refractivity contribution >= 4 is 21.6 Å². The SMILES string of the molecule is CNS(=O)(=O)c1cc(C(=O)Nc2cc(F)ccc2C)cc(C)c1C. The lowest BCUT2D eigenvalue weighted by molar-refractivity contribution is 0.102. The maximum absolute atomic E-state index is 13.3. The van der Waals surface area contributed by atoms with Gasteiger partial charge in [0.2, 0.25) is 10.0 Å². The van der Waals surface area contributed by atoms with Crippen molar-refractivity contribution in [3.8, 4) is 0 Å². The molecule has 5 nitrogen and oxygen atoms in total. The van der Waals surface area contributed by atoms with Gasteiger partial charge in [0.05, 0.1) is 4.90 Å². The number of sulfonamides is 1. The quantitative estimate of drug-likeness (QED) is 0.890. The van der Waals surface area contributed by atoms with Gasteiger partial charge in [0, 0.05) is 11.3 Å². The molecule has 2 rings (SSSR count). The van der Waals surface area contributed by atoms with Crippen LogP contribution in [0, 0.1) is 26.6 Å². The van der Waals surface area contributed by atoms with Crippen LogP contribution in [-0.2, 0) is 10.0 Å². The average Bonchev–Trinajstić information content (AvgIpc) is 2.53. The molecular formula is C17H19FN2O3S. The highest BCUT2D eigenvalue weighted by Crippen LogP contribution is 2.23. The van der Waals surface area contributed by atoms with E-state index in [1.807, 2.05) is 0 Å². The molecule has 2 aromatic carbocycles. The molecule has 0 saturated heterocycles. The van der Waals surface area contributed by atoms with E-state index in [0.717, 1.165) is 0 Å². The number of carbonyl (C=O) groups excluding carboxylic acids is 1. The fourth-order valence-corrected chi connectivity index (χ4v) is 3.34. The molecule has 0 heterocycles.